The van der Waals surface area contributed by atoms with Crippen molar-refractivity contribution in [3.8, 4) is 11.5 Å². The maximum Gasteiger partial charge on any atom is 0.416 e. The summed E-state index contributed by atoms with van der Waals surface area (Å²) in [5.41, 5.74) is -0.953. The van der Waals surface area contributed by atoms with Crippen LogP contribution in [0.15, 0.2) is 72.3 Å². The third-order valence-corrected chi connectivity index (χ3v) is 5.99. The van der Waals surface area contributed by atoms with Gasteiger partial charge in [-0.15, -0.1) is 0 Å². The fourth-order valence-corrected chi connectivity index (χ4v) is 4.16. The number of hydrogen-bond donors (Lipinski definition) is 1. The minimum atomic E-state index is -4.67. The van der Waals surface area contributed by atoms with Gasteiger partial charge in [0.15, 0.2) is 11.5 Å². The van der Waals surface area contributed by atoms with Gasteiger partial charge < -0.3 is 14.6 Å². The molecule has 6 nitrogen and oxygen atoms in total. The molecular weight excluding hydrogens is 499 g/mol. The molecule has 1 N–H and O–H groups in total. The van der Waals surface area contributed by atoms with Crippen LogP contribution in [0.2, 0.25) is 5.02 Å². The largest absolute Gasteiger partial charge is 0.507 e. The highest BCUT2D eigenvalue weighted by atomic mass is 35.5. The Kier molecular flexibility index (Phi) is 6.69. The van der Waals surface area contributed by atoms with Crippen molar-refractivity contribution >= 4 is 34.7 Å². The summed E-state index contributed by atoms with van der Waals surface area (Å²) in [6, 6.07) is 13.3. The van der Waals surface area contributed by atoms with E-state index in [2.05, 4.69) is 0 Å². The van der Waals surface area contributed by atoms with Gasteiger partial charge in [0.1, 0.15) is 5.76 Å². The monoisotopic (exact) mass is 517 g/mol. The molecule has 0 bridgehead atoms. The molecule has 1 amide bonds. The van der Waals surface area contributed by atoms with Crippen LogP contribution in [-0.2, 0) is 15.8 Å². The Morgan fingerprint density at radius 1 is 0.944 bits per heavy atom. The summed E-state index contributed by atoms with van der Waals surface area (Å²) in [6.07, 6.45) is -4.67. The molecule has 0 radical (unpaired) electrons. The zero-order chi connectivity index (χ0) is 26.2. The van der Waals surface area contributed by atoms with E-state index in [1.165, 1.54) is 62.8 Å². The van der Waals surface area contributed by atoms with Crippen LogP contribution in [0, 0.1) is 0 Å². The molecule has 0 aromatic heterocycles. The summed E-state index contributed by atoms with van der Waals surface area (Å²) in [4.78, 5) is 27.3. The van der Waals surface area contributed by atoms with Crippen LogP contribution in [0.4, 0.5) is 18.9 Å². The first-order chi connectivity index (χ1) is 17.1. The quantitative estimate of drug-likeness (QED) is 0.255. The van der Waals surface area contributed by atoms with Gasteiger partial charge in [0.25, 0.3) is 11.7 Å². The van der Waals surface area contributed by atoms with E-state index in [9.17, 15) is 27.9 Å². The number of alkyl halides is 3. The average molecular weight is 518 g/mol. The van der Waals surface area contributed by atoms with Crippen LogP contribution in [0.3, 0.4) is 0 Å². The maximum atomic E-state index is 13.4. The Bertz CT molecular complexity index is 1370. The zero-order valence-corrected chi connectivity index (χ0v) is 19.7. The number of halogens is 4. The third kappa shape index (κ3) is 4.49. The van der Waals surface area contributed by atoms with E-state index < -0.39 is 35.2 Å². The van der Waals surface area contributed by atoms with E-state index in [0.717, 1.165) is 23.1 Å². The molecule has 0 aliphatic carbocycles. The van der Waals surface area contributed by atoms with Gasteiger partial charge in [0, 0.05) is 16.3 Å². The number of methoxy groups -OCH3 is 2. The predicted octanol–water partition coefficient (Wildman–Crippen LogP) is 6.00. The Balaban J connectivity index is 1.97. The molecule has 1 fully saturated rings. The summed E-state index contributed by atoms with van der Waals surface area (Å²) < 4.78 is 50.9. The minimum absolute atomic E-state index is 0.165. The number of anilines is 1. The number of ketones is 1. The molecule has 1 atom stereocenters. The number of aliphatic hydroxyl groups excluding tert-OH is 1. The van der Waals surface area contributed by atoms with Crippen LogP contribution in [0.1, 0.15) is 22.7 Å². The summed E-state index contributed by atoms with van der Waals surface area (Å²) in [5, 5.41) is 11.5. The third-order valence-electron chi connectivity index (χ3n) is 5.74. The summed E-state index contributed by atoms with van der Waals surface area (Å²) in [6.45, 7) is 0. The number of carbonyl (C=O) groups is 2. The fourth-order valence-electron chi connectivity index (χ4n) is 4.03. The van der Waals surface area contributed by atoms with E-state index in [1.807, 2.05) is 0 Å². The van der Waals surface area contributed by atoms with Gasteiger partial charge in [-0.05, 0) is 60.2 Å². The second-order valence-electron chi connectivity index (χ2n) is 7.84. The zero-order valence-electron chi connectivity index (χ0n) is 19.0. The SMILES string of the molecule is COc1ccc(C2C(=C(O)c3ccc(Cl)cc3)C(=O)C(=O)N2c2cccc(C(F)(F)F)c2)cc1OC. The van der Waals surface area contributed by atoms with Gasteiger partial charge in [-0.3, -0.25) is 14.5 Å². The van der Waals surface area contributed by atoms with Crippen molar-refractivity contribution in [1.82, 2.24) is 0 Å². The molecule has 1 saturated heterocycles. The van der Waals surface area contributed by atoms with E-state index in [0.29, 0.717) is 16.3 Å². The lowest BCUT2D eigenvalue weighted by Crippen LogP contribution is -2.29. The molecule has 1 aliphatic heterocycles. The first kappa shape index (κ1) is 25.1. The van der Waals surface area contributed by atoms with E-state index in [1.54, 1.807) is 0 Å². The second kappa shape index (κ2) is 9.58. The van der Waals surface area contributed by atoms with E-state index in [4.69, 9.17) is 21.1 Å². The number of aliphatic hydroxyl groups is 1. The number of carbonyl (C=O) groups excluding carboxylic acids is 2. The van der Waals surface area contributed by atoms with Gasteiger partial charge in [-0.25, -0.2) is 0 Å². The molecule has 186 valence electrons. The Labute approximate surface area is 209 Å². The van der Waals surface area contributed by atoms with E-state index in [-0.39, 0.29) is 22.6 Å². The Morgan fingerprint density at radius 3 is 2.22 bits per heavy atom. The molecule has 0 spiro atoms. The summed E-state index contributed by atoms with van der Waals surface area (Å²) >= 11 is 5.92. The second-order valence-corrected chi connectivity index (χ2v) is 8.27. The van der Waals surface area contributed by atoms with Gasteiger partial charge in [-0.2, -0.15) is 13.2 Å². The summed E-state index contributed by atoms with van der Waals surface area (Å²) in [5.74, 6) is -2.03. The fraction of sp³-hybridized carbons (Fsp3) is 0.154. The maximum absolute atomic E-state index is 13.4. The van der Waals surface area contributed by atoms with Crippen LogP contribution >= 0.6 is 11.6 Å². The lowest BCUT2D eigenvalue weighted by Gasteiger charge is -2.26. The summed E-state index contributed by atoms with van der Waals surface area (Å²) in [7, 11) is 2.81. The first-order valence-corrected chi connectivity index (χ1v) is 10.9. The van der Waals surface area contributed by atoms with E-state index >= 15 is 0 Å². The molecule has 10 heteroatoms. The number of amides is 1. The highest BCUT2D eigenvalue weighted by molar-refractivity contribution is 6.51. The number of ether oxygens (including phenoxy) is 2. The van der Waals surface area contributed by atoms with Crippen LogP contribution in [-0.4, -0.2) is 31.0 Å². The van der Waals surface area contributed by atoms with Crippen LogP contribution in [0.5, 0.6) is 11.5 Å². The highest BCUT2D eigenvalue weighted by Crippen LogP contribution is 2.45. The number of hydrogen-bond acceptors (Lipinski definition) is 5. The van der Waals surface area contributed by atoms with Gasteiger partial charge in [0.05, 0.1) is 31.4 Å². The lowest BCUT2D eigenvalue weighted by molar-refractivity contribution is -0.137. The van der Waals surface area contributed by atoms with Crippen molar-refractivity contribution in [1.29, 1.82) is 0 Å². The molecule has 1 unspecified atom stereocenters. The van der Waals surface area contributed by atoms with Crippen molar-refractivity contribution in [2.24, 2.45) is 0 Å². The highest BCUT2D eigenvalue weighted by Gasteiger charge is 2.47. The van der Waals surface area contributed by atoms with Gasteiger partial charge in [-0.1, -0.05) is 23.7 Å². The molecule has 0 saturated carbocycles. The average Bonchev–Trinajstić information content (AvgIpc) is 3.13. The molecular formula is C26H19ClF3NO5. The van der Waals surface area contributed by atoms with Crippen molar-refractivity contribution in [2.75, 3.05) is 19.1 Å². The Morgan fingerprint density at radius 2 is 1.61 bits per heavy atom. The van der Waals surface area contributed by atoms with Crippen LogP contribution < -0.4 is 14.4 Å². The van der Waals surface area contributed by atoms with Crippen molar-refractivity contribution < 1.29 is 37.3 Å². The molecule has 1 aliphatic rings. The lowest BCUT2D eigenvalue weighted by atomic mass is 9.94. The van der Waals surface area contributed by atoms with Crippen LogP contribution in [0.25, 0.3) is 5.76 Å². The smallest absolute Gasteiger partial charge is 0.416 e. The predicted molar refractivity (Wildman–Crippen MR) is 127 cm³/mol. The standard InChI is InChI=1S/C26H19ClF3NO5/c1-35-19-11-8-15(12-20(19)36-2)22-21(23(32)14-6-9-17(27)10-7-14)24(33)25(34)31(22)18-5-3-4-16(13-18)26(28,29)30/h3-13,22,32H,1-2H3. The molecule has 36 heavy (non-hydrogen) atoms. The first-order valence-electron chi connectivity index (χ1n) is 10.5. The molecule has 4 rings (SSSR count). The number of nitrogens with zero attached hydrogens (tertiary/aromatic N) is 1. The number of benzene rings is 3. The number of Topliss-reactive ketones (excluding diaryl/α,β-unsaturated/α-hetero) is 1. The minimum Gasteiger partial charge on any atom is -0.507 e. The van der Waals surface area contributed by atoms with Crippen molar-refractivity contribution in [2.45, 2.75) is 12.2 Å². The topological polar surface area (TPSA) is 76.1 Å². The van der Waals surface area contributed by atoms with Gasteiger partial charge in [0.2, 0.25) is 0 Å². The van der Waals surface area contributed by atoms with Crippen molar-refractivity contribution in [3.05, 3.63) is 94.0 Å². The Hall–Kier alpha value is -3.98. The molecule has 1 heterocycles. The molecule has 3 aromatic rings. The van der Waals surface area contributed by atoms with Gasteiger partial charge >= 0.3 is 6.18 Å². The normalized spacial score (nSPS) is 17.4. The number of rotatable bonds is 5. The molecule has 3 aromatic carbocycles. The van der Waals surface area contributed by atoms with Crippen molar-refractivity contribution in [3.63, 3.8) is 0 Å².